The van der Waals surface area contributed by atoms with E-state index >= 15 is 0 Å². The van der Waals surface area contributed by atoms with E-state index in [-0.39, 0.29) is 17.3 Å². The summed E-state index contributed by atoms with van der Waals surface area (Å²) >= 11 is 0. The van der Waals surface area contributed by atoms with Crippen LogP contribution in [-0.2, 0) is 10.0 Å². The van der Waals surface area contributed by atoms with E-state index in [0.717, 1.165) is 0 Å². The van der Waals surface area contributed by atoms with Crippen LogP contribution in [0.1, 0.15) is 37.8 Å². The van der Waals surface area contributed by atoms with Crippen molar-refractivity contribution in [3.63, 3.8) is 0 Å². The molecule has 1 rings (SSSR count). The highest BCUT2D eigenvalue weighted by molar-refractivity contribution is 7.89. The Morgan fingerprint density at radius 1 is 1.20 bits per heavy atom. The summed E-state index contributed by atoms with van der Waals surface area (Å²) in [5.41, 5.74) is 5.69. The van der Waals surface area contributed by atoms with E-state index < -0.39 is 15.6 Å². The number of halogens is 1. The molecule has 20 heavy (non-hydrogen) atoms. The molecule has 0 radical (unpaired) electrons. The van der Waals surface area contributed by atoms with Crippen LogP contribution < -0.4 is 10.5 Å². The Kier molecular flexibility index (Phi) is 5.29. The Balaban J connectivity index is 3.24. The lowest BCUT2D eigenvalue weighted by molar-refractivity contribution is 0.363. The third kappa shape index (κ3) is 3.37. The first kappa shape index (κ1) is 17.1. The molecule has 0 unspecified atom stereocenters. The monoisotopic (exact) mass is 302 g/mol. The summed E-state index contributed by atoms with van der Waals surface area (Å²) in [7, 11) is -3.71. The topological polar surface area (TPSA) is 72.2 Å². The summed E-state index contributed by atoms with van der Waals surface area (Å²) in [6.45, 7) is 7.10. The van der Waals surface area contributed by atoms with E-state index in [1.54, 1.807) is 13.8 Å². The lowest BCUT2D eigenvalue weighted by Crippen LogP contribution is -2.52. The Morgan fingerprint density at radius 3 is 2.00 bits per heavy atom. The highest BCUT2D eigenvalue weighted by Gasteiger charge is 2.31. The van der Waals surface area contributed by atoms with Gasteiger partial charge >= 0.3 is 0 Å². The van der Waals surface area contributed by atoms with Crippen molar-refractivity contribution in [1.29, 1.82) is 0 Å². The molecule has 0 saturated heterocycles. The summed E-state index contributed by atoms with van der Waals surface area (Å²) in [6, 6.07) is 2.69. The quantitative estimate of drug-likeness (QED) is 0.846. The lowest BCUT2D eigenvalue weighted by atomic mass is 9.95. The Bertz CT molecular complexity index is 550. The summed E-state index contributed by atoms with van der Waals surface area (Å²) in [6.07, 6.45) is 1.19. The molecule has 1 aromatic rings. The van der Waals surface area contributed by atoms with Crippen molar-refractivity contribution in [3.05, 3.63) is 29.1 Å². The molecule has 0 atom stereocenters. The Morgan fingerprint density at radius 2 is 1.65 bits per heavy atom. The van der Waals surface area contributed by atoms with Crippen LogP contribution in [0.2, 0.25) is 0 Å². The van der Waals surface area contributed by atoms with Crippen LogP contribution in [-0.4, -0.2) is 20.5 Å². The van der Waals surface area contributed by atoms with Crippen LogP contribution in [0.5, 0.6) is 0 Å². The maximum Gasteiger partial charge on any atom is 0.241 e. The van der Waals surface area contributed by atoms with Gasteiger partial charge in [-0.25, -0.2) is 17.5 Å². The summed E-state index contributed by atoms with van der Waals surface area (Å²) in [5, 5.41) is 0. The van der Waals surface area contributed by atoms with Gasteiger partial charge in [-0.05, 0) is 49.9 Å². The second-order valence-corrected chi connectivity index (χ2v) is 6.85. The molecule has 0 spiro atoms. The van der Waals surface area contributed by atoms with Gasteiger partial charge in [0.05, 0.1) is 4.90 Å². The number of rotatable bonds is 6. The maximum absolute atomic E-state index is 13.6. The molecule has 0 amide bonds. The molecule has 0 saturated carbocycles. The Hall–Kier alpha value is -0.980. The molecule has 0 heterocycles. The first-order valence-electron chi connectivity index (χ1n) is 6.72. The number of hydrogen-bond donors (Lipinski definition) is 2. The third-order valence-corrected chi connectivity index (χ3v) is 5.37. The van der Waals surface area contributed by atoms with Gasteiger partial charge in [-0.15, -0.1) is 0 Å². The van der Waals surface area contributed by atoms with Crippen LogP contribution in [0, 0.1) is 19.7 Å². The van der Waals surface area contributed by atoms with Crippen LogP contribution in [0.15, 0.2) is 17.0 Å². The zero-order valence-electron chi connectivity index (χ0n) is 12.5. The Labute approximate surface area is 120 Å². The number of nitrogens with two attached hydrogens (primary N) is 1. The third-order valence-electron chi connectivity index (χ3n) is 3.82. The maximum atomic E-state index is 13.6. The van der Waals surface area contributed by atoms with Crippen molar-refractivity contribution in [2.24, 2.45) is 5.73 Å². The summed E-state index contributed by atoms with van der Waals surface area (Å²) in [5.74, 6) is -0.375. The van der Waals surface area contributed by atoms with Gasteiger partial charge in [0, 0.05) is 12.1 Å². The van der Waals surface area contributed by atoms with Gasteiger partial charge in [0.2, 0.25) is 10.0 Å². The number of benzene rings is 1. The van der Waals surface area contributed by atoms with Crippen molar-refractivity contribution < 1.29 is 12.8 Å². The van der Waals surface area contributed by atoms with Crippen molar-refractivity contribution in [2.45, 2.75) is 51.0 Å². The zero-order valence-corrected chi connectivity index (χ0v) is 13.3. The van der Waals surface area contributed by atoms with E-state index in [2.05, 4.69) is 4.72 Å². The van der Waals surface area contributed by atoms with Gasteiger partial charge in [0.25, 0.3) is 0 Å². The standard InChI is InChI=1S/C14H23FN2O2S/c1-5-14(6-2,9-16)17-20(18,19)12-7-10(3)13(15)11(4)8-12/h7-8,17H,5-6,9,16H2,1-4H3. The molecule has 0 bridgehead atoms. The predicted octanol–water partition coefficient (Wildman–Crippen LogP) is 2.24. The molecule has 0 fully saturated rings. The van der Waals surface area contributed by atoms with Gasteiger partial charge in [-0.2, -0.15) is 0 Å². The second kappa shape index (κ2) is 6.20. The van der Waals surface area contributed by atoms with Gasteiger partial charge in [0.15, 0.2) is 0 Å². The van der Waals surface area contributed by atoms with Crippen LogP contribution >= 0.6 is 0 Å². The SMILES string of the molecule is CCC(CC)(CN)NS(=O)(=O)c1cc(C)c(F)c(C)c1. The summed E-state index contributed by atoms with van der Waals surface area (Å²) < 4.78 is 41.2. The molecular weight excluding hydrogens is 279 g/mol. The molecule has 0 aliphatic carbocycles. The van der Waals surface area contributed by atoms with Gasteiger partial charge in [0.1, 0.15) is 5.82 Å². The van der Waals surface area contributed by atoms with E-state index in [0.29, 0.717) is 24.0 Å². The molecule has 6 heteroatoms. The molecule has 0 aromatic heterocycles. The van der Waals surface area contributed by atoms with Crippen LogP contribution in [0.4, 0.5) is 4.39 Å². The van der Waals surface area contributed by atoms with E-state index in [4.69, 9.17) is 5.73 Å². The number of hydrogen-bond acceptors (Lipinski definition) is 3. The van der Waals surface area contributed by atoms with Crippen LogP contribution in [0.25, 0.3) is 0 Å². The average Bonchev–Trinajstić information content (AvgIpc) is 2.41. The highest BCUT2D eigenvalue weighted by Crippen LogP contribution is 2.22. The second-order valence-electron chi connectivity index (χ2n) is 5.17. The molecule has 0 aliphatic heterocycles. The largest absolute Gasteiger partial charge is 0.329 e. The minimum atomic E-state index is -3.71. The fraction of sp³-hybridized carbons (Fsp3) is 0.571. The molecule has 1 aromatic carbocycles. The van der Waals surface area contributed by atoms with Crippen LogP contribution in [0.3, 0.4) is 0 Å². The van der Waals surface area contributed by atoms with Crippen molar-refractivity contribution in [3.8, 4) is 0 Å². The molecular formula is C14H23FN2O2S. The molecule has 4 nitrogen and oxygen atoms in total. The fourth-order valence-corrected chi connectivity index (χ4v) is 3.85. The smallest absolute Gasteiger partial charge is 0.241 e. The number of nitrogens with one attached hydrogen (secondary N) is 1. The lowest BCUT2D eigenvalue weighted by Gasteiger charge is -2.31. The molecule has 114 valence electrons. The zero-order chi connectivity index (χ0) is 15.6. The van der Waals surface area contributed by atoms with E-state index in [9.17, 15) is 12.8 Å². The predicted molar refractivity (Wildman–Crippen MR) is 78.6 cm³/mol. The minimum Gasteiger partial charge on any atom is -0.329 e. The van der Waals surface area contributed by atoms with E-state index in [1.165, 1.54) is 12.1 Å². The van der Waals surface area contributed by atoms with Gasteiger partial charge < -0.3 is 5.73 Å². The number of sulfonamides is 1. The average molecular weight is 302 g/mol. The number of aryl methyl sites for hydroxylation is 2. The molecule has 0 aliphatic rings. The van der Waals surface area contributed by atoms with Gasteiger partial charge in [-0.3, -0.25) is 0 Å². The van der Waals surface area contributed by atoms with Crippen molar-refractivity contribution >= 4 is 10.0 Å². The molecule has 3 N–H and O–H groups in total. The normalized spacial score (nSPS) is 12.7. The first-order chi connectivity index (χ1) is 9.21. The first-order valence-corrected chi connectivity index (χ1v) is 8.20. The van der Waals surface area contributed by atoms with Crippen molar-refractivity contribution in [2.75, 3.05) is 6.54 Å². The fourth-order valence-electron chi connectivity index (χ4n) is 2.13. The summed E-state index contributed by atoms with van der Waals surface area (Å²) in [4.78, 5) is 0.0774. The van der Waals surface area contributed by atoms with E-state index in [1.807, 2.05) is 13.8 Å². The highest BCUT2D eigenvalue weighted by atomic mass is 32.2. The van der Waals surface area contributed by atoms with Crippen molar-refractivity contribution in [1.82, 2.24) is 4.72 Å². The minimum absolute atomic E-state index is 0.0774. The van der Waals surface area contributed by atoms with Gasteiger partial charge in [-0.1, -0.05) is 13.8 Å².